The number of hydrogen-bond acceptors (Lipinski definition) is 2. The van der Waals surface area contributed by atoms with Crippen LogP contribution in [0.1, 0.15) is 44.2 Å². The monoisotopic (exact) mass is 360 g/mol. The molecule has 112 valence electrons. The number of nitrogens with one attached hydrogen (secondary N) is 2. The van der Waals surface area contributed by atoms with Crippen molar-refractivity contribution < 1.29 is 4.79 Å². The first-order valence-corrected chi connectivity index (χ1v) is 7.73. The van der Waals surface area contributed by atoms with Crippen LogP contribution in [0.15, 0.2) is 28.7 Å². The van der Waals surface area contributed by atoms with Crippen LogP contribution in [-0.4, -0.2) is 18.5 Å². The lowest BCUT2D eigenvalue weighted by atomic mass is 10.1. The zero-order chi connectivity index (χ0) is 13.7. The highest BCUT2D eigenvalue weighted by molar-refractivity contribution is 9.10. The largest absolute Gasteiger partial charge is 0.350 e. The third-order valence-electron chi connectivity index (χ3n) is 3.63. The fraction of sp³-hybridized carbons (Fsp3) is 0.533. The number of benzene rings is 1. The molecule has 1 saturated heterocycles. The minimum Gasteiger partial charge on any atom is -0.350 e. The maximum Gasteiger partial charge on any atom is 0.220 e. The minimum atomic E-state index is 0. The van der Waals surface area contributed by atoms with Crippen molar-refractivity contribution in [3.8, 4) is 0 Å². The molecule has 0 aromatic heterocycles. The van der Waals surface area contributed by atoms with Crippen LogP contribution < -0.4 is 10.6 Å². The third-order valence-corrected chi connectivity index (χ3v) is 4.35. The molecule has 1 amide bonds. The van der Waals surface area contributed by atoms with Crippen LogP contribution in [0.3, 0.4) is 0 Å². The van der Waals surface area contributed by atoms with Crippen molar-refractivity contribution in [2.45, 2.75) is 44.7 Å². The van der Waals surface area contributed by atoms with Crippen LogP contribution in [0, 0.1) is 0 Å². The minimum absolute atomic E-state index is 0. The fourth-order valence-corrected chi connectivity index (χ4v) is 3.15. The van der Waals surface area contributed by atoms with Crippen molar-refractivity contribution in [1.82, 2.24) is 10.6 Å². The average Bonchev–Trinajstić information content (AvgIpc) is 2.90. The van der Waals surface area contributed by atoms with Gasteiger partial charge in [0.15, 0.2) is 0 Å². The lowest BCUT2D eigenvalue weighted by molar-refractivity contribution is -0.121. The summed E-state index contributed by atoms with van der Waals surface area (Å²) in [5, 5.41) is 6.48. The Hall–Kier alpha value is -0.580. The van der Waals surface area contributed by atoms with Gasteiger partial charge < -0.3 is 10.6 Å². The summed E-state index contributed by atoms with van der Waals surface area (Å²) in [6, 6.07) is 8.58. The predicted molar refractivity (Wildman–Crippen MR) is 88.2 cm³/mol. The Morgan fingerprint density at radius 3 is 2.90 bits per heavy atom. The summed E-state index contributed by atoms with van der Waals surface area (Å²) in [6.07, 6.45) is 3.98. The Labute approximate surface area is 135 Å². The van der Waals surface area contributed by atoms with E-state index in [9.17, 15) is 4.79 Å². The molecule has 1 aliphatic heterocycles. The van der Waals surface area contributed by atoms with Crippen LogP contribution in [-0.2, 0) is 4.79 Å². The Morgan fingerprint density at radius 1 is 1.50 bits per heavy atom. The van der Waals surface area contributed by atoms with Crippen LogP contribution in [0.2, 0.25) is 0 Å². The number of amides is 1. The van der Waals surface area contributed by atoms with E-state index < -0.39 is 0 Å². The van der Waals surface area contributed by atoms with Gasteiger partial charge in [-0.05, 0) is 44.4 Å². The summed E-state index contributed by atoms with van der Waals surface area (Å²) in [5.41, 5.74) is 1.12. The van der Waals surface area contributed by atoms with Gasteiger partial charge in [0.2, 0.25) is 5.91 Å². The van der Waals surface area contributed by atoms with Gasteiger partial charge in [0, 0.05) is 16.9 Å². The Morgan fingerprint density at radius 2 is 2.25 bits per heavy atom. The van der Waals surface area contributed by atoms with Gasteiger partial charge in [-0.2, -0.15) is 0 Å². The summed E-state index contributed by atoms with van der Waals surface area (Å²) in [5.74, 6) is 0.136. The molecule has 0 radical (unpaired) electrons. The van der Waals surface area contributed by atoms with E-state index >= 15 is 0 Å². The highest BCUT2D eigenvalue weighted by atomic mass is 79.9. The zero-order valence-electron chi connectivity index (χ0n) is 11.7. The summed E-state index contributed by atoms with van der Waals surface area (Å²) < 4.78 is 1.04. The van der Waals surface area contributed by atoms with E-state index in [1.54, 1.807) is 0 Å². The van der Waals surface area contributed by atoms with Crippen molar-refractivity contribution in [2.75, 3.05) is 6.54 Å². The van der Waals surface area contributed by atoms with Gasteiger partial charge >= 0.3 is 0 Å². The van der Waals surface area contributed by atoms with E-state index in [2.05, 4.69) is 26.6 Å². The first kappa shape index (κ1) is 17.5. The molecule has 2 rings (SSSR count). The van der Waals surface area contributed by atoms with Gasteiger partial charge in [0.05, 0.1) is 6.04 Å². The van der Waals surface area contributed by atoms with E-state index in [4.69, 9.17) is 0 Å². The molecule has 1 aliphatic rings. The van der Waals surface area contributed by atoms with E-state index in [-0.39, 0.29) is 24.4 Å². The van der Waals surface area contributed by atoms with E-state index in [0.717, 1.165) is 23.0 Å². The maximum absolute atomic E-state index is 11.9. The van der Waals surface area contributed by atoms with Gasteiger partial charge in [-0.3, -0.25) is 4.79 Å². The summed E-state index contributed by atoms with van der Waals surface area (Å²) in [6.45, 7) is 3.12. The molecule has 1 fully saturated rings. The van der Waals surface area contributed by atoms with E-state index in [1.807, 2.05) is 31.2 Å². The van der Waals surface area contributed by atoms with Crippen LogP contribution in [0.25, 0.3) is 0 Å². The molecule has 3 nitrogen and oxygen atoms in total. The van der Waals surface area contributed by atoms with Crippen LogP contribution in [0.5, 0.6) is 0 Å². The first-order valence-electron chi connectivity index (χ1n) is 6.94. The van der Waals surface area contributed by atoms with Crippen molar-refractivity contribution in [1.29, 1.82) is 0 Å². The smallest absolute Gasteiger partial charge is 0.220 e. The topological polar surface area (TPSA) is 41.1 Å². The summed E-state index contributed by atoms with van der Waals surface area (Å²) >= 11 is 3.52. The highest BCUT2D eigenvalue weighted by Crippen LogP contribution is 2.22. The number of rotatable bonds is 5. The molecule has 2 N–H and O–H groups in total. The second kappa shape index (κ2) is 8.65. The molecular formula is C15H22BrClN2O. The average molecular weight is 362 g/mol. The Balaban J connectivity index is 0.00000200. The van der Waals surface area contributed by atoms with Crippen molar-refractivity contribution in [3.63, 3.8) is 0 Å². The Kier molecular flexibility index (Phi) is 7.56. The Bertz CT molecular complexity index is 436. The molecule has 0 aliphatic carbocycles. The second-order valence-electron chi connectivity index (χ2n) is 5.14. The van der Waals surface area contributed by atoms with Crippen molar-refractivity contribution >= 4 is 34.2 Å². The lowest BCUT2D eigenvalue weighted by Gasteiger charge is -2.16. The summed E-state index contributed by atoms with van der Waals surface area (Å²) in [7, 11) is 0. The van der Waals surface area contributed by atoms with Crippen molar-refractivity contribution in [2.24, 2.45) is 0 Å². The number of hydrogen-bond donors (Lipinski definition) is 2. The molecule has 0 saturated carbocycles. The van der Waals surface area contributed by atoms with Crippen LogP contribution >= 0.6 is 28.3 Å². The first-order chi connectivity index (χ1) is 9.16. The number of halogens is 2. The van der Waals surface area contributed by atoms with Crippen LogP contribution in [0.4, 0.5) is 0 Å². The predicted octanol–water partition coefficient (Wildman–Crippen LogP) is 3.58. The quantitative estimate of drug-likeness (QED) is 0.841. The molecule has 20 heavy (non-hydrogen) atoms. The van der Waals surface area contributed by atoms with Gasteiger partial charge in [-0.1, -0.05) is 34.1 Å². The summed E-state index contributed by atoms with van der Waals surface area (Å²) in [4.78, 5) is 11.9. The van der Waals surface area contributed by atoms with Gasteiger partial charge in [-0.15, -0.1) is 12.4 Å². The standard InChI is InChI=1S/C15H21BrN2O.ClH/c1-11(13-6-2-3-7-14(13)16)18-15(19)9-8-12-5-4-10-17-12;/h2-3,6-7,11-12,17H,4-5,8-10H2,1H3,(H,18,19);1H. The highest BCUT2D eigenvalue weighted by Gasteiger charge is 2.16. The van der Waals surface area contributed by atoms with Gasteiger partial charge in [-0.25, -0.2) is 0 Å². The molecule has 1 heterocycles. The zero-order valence-corrected chi connectivity index (χ0v) is 14.1. The van der Waals surface area contributed by atoms with E-state index in [1.165, 1.54) is 12.8 Å². The molecule has 0 spiro atoms. The second-order valence-corrected chi connectivity index (χ2v) is 6.00. The van der Waals surface area contributed by atoms with Gasteiger partial charge in [0.1, 0.15) is 0 Å². The van der Waals surface area contributed by atoms with Crippen molar-refractivity contribution in [3.05, 3.63) is 34.3 Å². The maximum atomic E-state index is 11.9. The molecule has 2 unspecified atom stereocenters. The molecule has 5 heteroatoms. The number of carbonyl (C=O) groups is 1. The normalized spacial score (nSPS) is 19.2. The molecule has 0 bridgehead atoms. The van der Waals surface area contributed by atoms with E-state index in [0.29, 0.717) is 12.5 Å². The molecule has 1 aromatic rings. The molecule has 2 atom stereocenters. The third kappa shape index (κ3) is 5.08. The lowest BCUT2D eigenvalue weighted by Crippen LogP contribution is -2.29. The molecule has 1 aromatic carbocycles. The fourth-order valence-electron chi connectivity index (χ4n) is 2.53. The SMILES string of the molecule is CC(NC(=O)CCC1CCCN1)c1ccccc1Br.Cl. The number of carbonyl (C=O) groups excluding carboxylic acids is 1. The van der Waals surface area contributed by atoms with Gasteiger partial charge in [0.25, 0.3) is 0 Å². The molecular weight excluding hydrogens is 340 g/mol.